The van der Waals surface area contributed by atoms with Crippen LogP contribution in [-0.2, 0) is 0 Å². The van der Waals surface area contributed by atoms with Crippen molar-refractivity contribution in [1.29, 1.82) is 0 Å². The summed E-state index contributed by atoms with van der Waals surface area (Å²) < 4.78 is 11.3. The summed E-state index contributed by atoms with van der Waals surface area (Å²) in [5, 5.41) is 0.430. The van der Waals surface area contributed by atoms with Crippen molar-refractivity contribution in [3.8, 4) is 11.5 Å². The maximum atomic E-state index is 10.8. The molecule has 0 aliphatic heterocycles. The van der Waals surface area contributed by atoms with Gasteiger partial charge in [-0.2, -0.15) is 0 Å². The zero-order valence-electron chi connectivity index (χ0n) is 11.3. The van der Waals surface area contributed by atoms with Crippen molar-refractivity contribution in [1.82, 2.24) is 0 Å². The summed E-state index contributed by atoms with van der Waals surface area (Å²) in [4.78, 5) is 10.8. The highest BCUT2D eigenvalue weighted by molar-refractivity contribution is 6.32. The van der Waals surface area contributed by atoms with Crippen LogP contribution in [0.4, 0.5) is 0 Å². The minimum atomic E-state index is 0.178. The van der Waals surface area contributed by atoms with E-state index in [1.54, 1.807) is 19.2 Å². The van der Waals surface area contributed by atoms with E-state index in [0.717, 1.165) is 19.1 Å². The van der Waals surface area contributed by atoms with E-state index in [9.17, 15) is 4.79 Å². The maximum Gasteiger partial charge on any atom is 0.180 e. The minimum absolute atomic E-state index is 0.178. The Labute approximate surface area is 118 Å². The second-order valence-corrected chi connectivity index (χ2v) is 5.57. The number of hydrogen-bond donors (Lipinski definition) is 0. The monoisotopic (exact) mass is 282 g/mol. The van der Waals surface area contributed by atoms with Crippen LogP contribution >= 0.6 is 11.6 Å². The van der Waals surface area contributed by atoms with Crippen molar-refractivity contribution in [3.63, 3.8) is 0 Å². The van der Waals surface area contributed by atoms with E-state index < -0.39 is 0 Å². The average molecular weight is 283 g/mol. The predicted molar refractivity (Wildman–Crippen MR) is 75.4 cm³/mol. The number of hydrogen-bond acceptors (Lipinski definition) is 3. The number of benzene rings is 1. The molecule has 1 aliphatic carbocycles. The minimum Gasteiger partial charge on any atom is -0.493 e. The highest BCUT2D eigenvalue weighted by Gasteiger charge is 2.23. The fourth-order valence-corrected chi connectivity index (χ4v) is 2.84. The van der Waals surface area contributed by atoms with Gasteiger partial charge in [-0.3, -0.25) is 4.79 Å². The summed E-state index contributed by atoms with van der Waals surface area (Å²) in [6.45, 7) is 2.24. The van der Waals surface area contributed by atoms with Crippen LogP contribution in [0.15, 0.2) is 12.1 Å². The van der Waals surface area contributed by atoms with Crippen LogP contribution in [0, 0.1) is 5.92 Å². The van der Waals surface area contributed by atoms with E-state index >= 15 is 0 Å². The number of methoxy groups -OCH3 is 1. The Morgan fingerprint density at radius 3 is 2.79 bits per heavy atom. The molecular formula is C15H19ClO3. The Hall–Kier alpha value is -1.22. The maximum absolute atomic E-state index is 10.8. The Morgan fingerprint density at radius 2 is 2.16 bits per heavy atom. The molecule has 1 aliphatic rings. The molecule has 2 atom stereocenters. The van der Waals surface area contributed by atoms with E-state index in [1.807, 2.05) is 0 Å². The first kappa shape index (κ1) is 14.2. The molecular weight excluding hydrogens is 264 g/mol. The molecule has 1 fully saturated rings. The second kappa shape index (κ2) is 6.29. The van der Waals surface area contributed by atoms with Gasteiger partial charge in [0.2, 0.25) is 0 Å². The molecule has 3 nitrogen and oxygen atoms in total. The number of ether oxygens (including phenoxy) is 2. The molecule has 104 valence electrons. The normalized spacial score (nSPS) is 22.9. The van der Waals surface area contributed by atoms with Crippen LogP contribution in [0.1, 0.15) is 43.0 Å². The molecule has 0 aromatic heterocycles. The van der Waals surface area contributed by atoms with Gasteiger partial charge < -0.3 is 9.47 Å². The Bertz CT molecular complexity index is 459. The molecule has 0 N–H and O–H groups in total. The molecule has 2 rings (SSSR count). The summed E-state index contributed by atoms with van der Waals surface area (Å²) in [6.07, 6.45) is 5.44. The number of halogens is 1. The van der Waals surface area contributed by atoms with Gasteiger partial charge in [0.25, 0.3) is 0 Å². The van der Waals surface area contributed by atoms with Crippen molar-refractivity contribution in [3.05, 3.63) is 22.7 Å². The molecule has 2 unspecified atom stereocenters. The summed E-state index contributed by atoms with van der Waals surface area (Å²) in [5.74, 6) is 1.75. The third-order valence-electron chi connectivity index (χ3n) is 3.56. The highest BCUT2D eigenvalue weighted by atomic mass is 35.5. The van der Waals surface area contributed by atoms with E-state index in [1.165, 1.54) is 12.8 Å². The van der Waals surface area contributed by atoms with Gasteiger partial charge in [0, 0.05) is 5.56 Å². The first-order valence-electron chi connectivity index (χ1n) is 6.63. The number of carbonyl (C=O) groups excluding carboxylic acids is 1. The topological polar surface area (TPSA) is 35.5 Å². The van der Waals surface area contributed by atoms with Gasteiger partial charge in [-0.15, -0.1) is 0 Å². The number of aldehydes is 1. The molecule has 19 heavy (non-hydrogen) atoms. The lowest BCUT2D eigenvalue weighted by molar-refractivity contribution is 0.112. The molecule has 0 saturated heterocycles. The quantitative estimate of drug-likeness (QED) is 0.779. The largest absolute Gasteiger partial charge is 0.493 e. The molecule has 0 amide bonds. The average Bonchev–Trinajstić information content (AvgIpc) is 2.40. The van der Waals surface area contributed by atoms with Crippen molar-refractivity contribution in [2.75, 3.05) is 7.11 Å². The van der Waals surface area contributed by atoms with Gasteiger partial charge in [-0.25, -0.2) is 0 Å². The third kappa shape index (κ3) is 3.41. The fraction of sp³-hybridized carbons (Fsp3) is 0.533. The fourth-order valence-electron chi connectivity index (χ4n) is 2.57. The van der Waals surface area contributed by atoms with Gasteiger partial charge in [-0.1, -0.05) is 24.9 Å². The van der Waals surface area contributed by atoms with Gasteiger partial charge in [0.15, 0.2) is 11.5 Å². The molecule has 1 saturated carbocycles. The van der Waals surface area contributed by atoms with Gasteiger partial charge in [0.05, 0.1) is 18.2 Å². The standard InChI is InChI=1S/C15H19ClO3/c1-10-4-3-5-12(6-10)19-15-13(16)7-11(9-17)8-14(15)18-2/h7-10,12H,3-6H2,1-2H3. The van der Waals surface area contributed by atoms with Crippen molar-refractivity contribution in [2.45, 2.75) is 38.7 Å². The molecule has 0 bridgehead atoms. The first-order chi connectivity index (χ1) is 9.13. The lowest BCUT2D eigenvalue weighted by Crippen LogP contribution is -2.24. The Morgan fingerprint density at radius 1 is 1.37 bits per heavy atom. The number of carbonyl (C=O) groups is 1. The SMILES string of the molecule is COc1cc(C=O)cc(Cl)c1OC1CCCC(C)C1. The lowest BCUT2D eigenvalue weighted by atomic mass is 9.89. The van der Waals surface area contributed by atoms with E-state index in [2.05, 4.69) is 6.92 Å². The van der Waals surface area contributed by atoms with Crippen molar-refractivity contribution in [2.24, 2.45) is 5.92 Å². The van der Waals surface area contributed by atoms with Gasteiger partial charge in [0.1, 0.15) is 6.29 Å². The summed E-state index contributed by atoms with van der Waals surface area (Å²) in [7, 11) is 1.55. The van der Waals surface area contributed by atoms with Crippen molar-refractivity contribution >= 4 is 17.9 Å². The Kier molecular flexibility index (Phi) is 4.70. The highest BCUT2D eigenvalue weighted by Crippen LogP contribution is 2.38. The second-order valence-electron chi connectivity index (χ2n) is 5.16. The zero-order chi connectivity index (χ0) is 13.8. The third-order valence-corrected chi connectivity index (χ3v) is 3.84. The lowest BCUT2D eigenvalue weighted by Gasteiger charge is -2.28. The van der Waals surface area contributed by atoms with Crippen LogP contribution in [0.25, 0.3) is 0 Å². The molecule has 0 spiro atoms. The van der Waals surface area contributed by atoms with Crippen molar-refractivity contribution < 1.29 is 14.3 Å². The van der Waals surface area contributed by atoms with Gasteiger partial charge >= 0.3 is 0 Å². The van der Waals surface area contributed by atoms with Crippen LogP contribution in [0.5, 0.6) is 11.5 Å². The summed E-state index contributed by atoms with van der Waals surface area (Å²) in [5.41, 5.74) is 0.492. The number of rotatable bonds is 4. The van der Waals surface area contributed by atoms with Crippen LogP contribution < -0.4 is 9.47 Å². The summed E-state index contributed by atoms with van der Waals surface area (Å²) >= 11 is 6.18. The molecule has 1 aromatic carbocycles. The molecule has 1 aromatic rings. The predicted octanol–water partition coefficient (Wildman–Crippen LogP) is 4.12. The first-order valence-corrected chi connectivity index (χ1v) is 7.01. The summed E-state index contributed by atoms with van der Waals surface area (Å²) in [6, 6.07) is 3.26. The zero-order valence-corrected chi connectivity index (χ0v) is 12.1. The van der Waals surface area contributed by atoms with Crippen LogP contribution in [-0.4, -0.2) is 19.5 Å². The molecule has 0 heterocycles. The van der Waals surface area contributed by atoms with E-state index in [4.69, 9.17) is 21.1 Å². The smallest absolute Gasteiger partial charge is 0.180 e. The molecule has 4 heteroatoms. The Balaban J connectivity index is 2.21. The molecule has 0 radical (unpaired) electrons. The van der Waals surface area contributed by atoms with E-state index in [-0.39, 0.29) is 6.10 Å². The van der Waals surface area contributed by atoms with Gasteiger partial charge in [-0.05, 0) is 37.3 Å². The van der Waals surface area contributed by atoms with Crippen LogP contribution in [0.2, 0.25) is 5.02 Å². The van der Waals surface area contributed by atoms with Crippen LogP contribution in [0.3, 0.4) is 0 Å². The van der Waals surface area contributed by atoms with E-state index in [0.29, 0.717) is 28.0 Å².